The smallest absolute Gasteiger partial charge is 0.155 e. The fraction of sp³-hybridized carbons (Fsp3) is 0.118. The van der Waals surface area contributed by atoms with E-state index in [1.165, 1.54) is 10.2 Å². The van der Waals surface area contributed by atoms with Crippen LogP contribution in [0.2, 0.25) is 0 Å². The Morgan fingerprint density at radius 1 is 1.14 bits per heavy atom. The van der Waals surface area contributed by atoms with Gasteiger partial charge in [0, 0.05) is 5.56 Å². The highest BCUT2D eigenvalue weighted by Crippen LogP contribution is 2.26. The Hall–Kier alpha value is -3.13. The van der Waals surface area contributed by atoms with Gasteiger partial charge in [-0.1, -0.05) is 48.5 Å². The topological polar surface area (TPSA) is 80.5 Å². The third-order valence-corrected chi connectivity index (χ3v) is 3.59. The number of nitriles is 1. The summed E-state index contributed by atoms with van der Waals surface area (Å²) in [4.78, 5) is 0. The number of benzene rings is 2. The van der Waals surface area contributed by atoms with Gasteiger partial charge in [0.25, 0.3) is 0 Å². The van der Waals surface area contributed by atoms with Crippen molar-refractivity contribution in [3.63, 3.8) is 0 Å². The molecule has 0 aliphatic heterocycles. The number of para-hydroxylation sites is 1. The van der Waals surface area contributed by atoms with Crippen LogP contribution in [0.15, 0.2) is 48.5 Å². The molecule has 22 heavy (non-hydrogen) atoms. The monoisotopic (exact) mass is 289 g/mol. The third kappa shape index (κ3) is 2.31. The SMILES string of the molecule is CCc1ccc(-c2nnn(-c3ccccc3C#N)c2N)cc1. The molecule has 0 aliphatic carbocycles. The summed E-state index contributed by atoms with van der Waals surface area (Å²) in [5.74, 6) is 0.423. The Morgan fingerprint density at radius 2 is 1.86 bits per heavy atom. The predicted molar refractivity (Wildman–Crippen MR) is 85.3 cm³/mol. The van der Waals surface area contributed by atoms with Gasteiger partial charge < -0.3 is 5.73 Å². The summed E-state index contributed by atoms with van der Waals surface area (Å²) in [7, 11) is 0. The molecular weight excluding hydrogens is 274 g/mol. The predicted octanol–water partition coefficient (Wildman–Crippen LogP) is 2.95. The van der Waals surface area contributed by atoms with Crippen molar-refractivity contribution >= 4 is 5.82 Å². The molecule has 0 saturated heterocycles. The van der Waals surface area contributed by atoms with E-state index in [-0.39, 0.29) is 0 Å². The van der Waals surface area contributed by atoms with Crippen molar-refractivity contribution in [3.05, 3.63) is 59.7 Å². The first kappa shape index (κ1) is 13.8. The zero-order valence-corrected chi connectivity index (χ0v) is 12.2. The molecule has 0 aliphatic rings. The maximum Gasteiger partial charge on any atom is 0.155 e. The number of nitrogens with zero attached hydrogens (tertiary/aromatic N) is 4. The average molecular weight is 289 g/mol. The van der Waals surface area contributed by atoms with Crippen molar-refractivity contribution in [3.8, 4) is 23.0 Å². The number of aryl methyl sites for hydroxylation is 1. The summed E-state index contributed by atoms with van der Waals surface area (Å²) in [5.41, 5.74) is 10.1. The Labute approximate surface area is 128 Å². The summed E-state index contributed by atoms with van der Waals surface area (Å²) >= 11 is 0. The number of hydrogen-bond donors (Lipinski definition) is 1. The summed E-state index contributed by atoms with van der Waals surface area (Å²) in [6.07, 6.45) is 0.984. The lowest BCUT2D eigenvalue weighted by Crippen LogP contribution is -2.04. The number of nitrogens with two attached hydrogens (primary N) is 1. The quantitative estimate of drug-likeness (QED) is 0.803. The maximum absolute atomic E-state index is 9.20. The lowest BCUT2D eigenvalue weighted by molar-refractivity contribution is 0.808. The number of aromatic nitrogens is 3. The molecule has 1 aromatic heterocycles. The van der Waals surface area contributed by atoms with Crippen molar-refractivity contribution in [2.75, 3.05) is 5.73 Å². The first-order chi connectivity index (χ1) is 10.7. The molecule has 0 amide bonds. The molecular formula is C17H15N5. The van der Waals surface area contributed by atoms with Crippen molar-refractivity contribution in [1.29, 1.82) is 5.26 Å². The minimum absolute atomic E-state index is 0.423. The molecule has 2 N–H and O–H groups in total. The van der Waals surface area contributed by atoms with Gasteiger partial charge in [-0.15, -0.1) is 5.10 Å². The first-order valence-electron chi connectivity index (χ1n) is 7.04. The van der Waals surface area contributed by atoms with Crippen LogP contribution >= 0.6 is 0 Å². The van der Waals surface area contributed by atoms with Crippen LogP contribution in [0.3, 0.4) is 0 Å². The molecule has 2 aromatic carbocycles. The summed E-state index contributed by atoms with van der Waals surface area (Å²) in [5, 5.41) is 17.5. The Balaban J connectivity index is 2.07. The van der Waals surface area contributed by atoms with Gasteiger partial charge in [-0.2, -0.15) is 9.94 Å². The van der Waals surface area contributed by atoms with Crippen molar-refractivity contribution < 1.29 is 0 Å². The summed E-state index contributed by atoms with van der Waals surface area (Å²) in [6, 6.07) is 17.4. The highest BCUT2D eigenvalue weighted by molar-refractivity contribution is 5.71. The number of anilines is 1. The normalized spacial score (nSPS) is 10.4. The standard InChI is InChI=1S/C17H15N5/c1-2-12-7-9-13(10-8-12)16-17(19)22(21-20-16)15-6-4-3-5-14(15)11-18/h3-10H,2,19H2,1H3. The number of rotatable bonds is 3. The van der Waals surface area contributed by atoms with E-state index >= 15 is 0 Å². The van der Waals surface area contributed by atoms with Gasteiger partial charge in [-0.05, 0) is 24.1 Å². The fourth-order valence-electron chi connectivity index (χ4n) is 2.32. The van der Waals surface area contributed by atoms with E-state index in [0.717, 1.165) is 12.0 Å². The van der Waals surface area contributed by atoms with E-state index in [0.29, 0.717) is 22.8 Å². The van der Waals surface area contributed by atoms with Gasteiger partial charge in [-0.25, -0.2) is 0 Å². The fourth-order valence-corrected chi connectivity index (χ4v) is 2.32. The molecule has 5 heteroatoms. The highest BCUT2D eigenvalue weighted by atomic mass is 15.5. The summed E-state index contributed by atoms with van der Waals surface area (Å²) < 4.78 is 1.50. The molecule has 0 spiro atoms. The van der Waals surface area contributed by atoms with Crippen molar-refractivity contribution in [2.45, 2.75) is 13.3 Å². The van der Waals surface area contributed by atoms with Crippen LogP contribution < -0.4 is 5.73 Å². The van der Waals surface area contributed by atoms with Gasteiger partial charge in [0.1, 0.15) is 11.8 Å². The average Bonchev–Trinajstić information content (AvgIpc) is 2.96. The second-order valence-electron chi connectivity index (χ2n) is 4.91. The van der Waals surface area contributed by atoms with Crippen LogP contribution in [0.25, 0.3) is 16.9 Å². The van der Waals surface area contributed by atoms with Gasteiger partial charge in [-0.3, -0.25) is 0 Å². The van der Waals surface area contributed by atoms with Crippen LogP contribution in [-0.4, -0.2) is 15.0 Å². The minimum atomic E-state index is 0.423. The van der Waals surface area contributed by atoms with Crippen LogP contribution in [0, 0.1) is 11.3 Å². The van der Waals surface area contributed by atoms with Crippen LogP contribution in [0.1, 0.15) is 18.1 Å². The van der Waals surface area contributed by atoms with E-state index < -0.39 is 0 Å². The largest absolute Gasteiger partial charge is 0.382 e. The lowest BCUT2D eigenvalue weighted by atomic mass is 10.1. The van der Waals surface area contributed by atoms with Crippen LogP contribution in [-0.2, 0) is 6.42 Å². The molecule has 0 atom stereocenters. The Kier molecular flexibility index (Phi) is 3.58. The number of nitrogen functional groups attached to an aromatic ring is 1. The van der Waals surface area contributed by atoms with Crippen molar-refractivity contribution in [2.24, 2.45) is 0 Å². The molecule has 3 rings (SSSR count). The molecule has 0 fully saturated rings. The summed E-state index contributed by atoms with van der Waals surface area (Å²) in [6.45, 7) is 2.11. The van der Waals surface area contributed by atoms with Crippen molar-refractivity contribution in [1.82, 2.24) is 15.0 Å². The second-order valence-corrected chi connectivity index (χ2v) is 4.91. The molecule has 0 bridgehead atoms. The molecule has 5 nitrogen and oxygen atoms in total. The first-order valence-corrected chi connectivity index (χ1v) is 7.04. The van der Waals surface area contributed by atoms with Gasteiger partial charge in [0.15, 0.2) is 5.82 Å². The van der Waals surface area contributed by atoms with E-state index in [1.807, 2.05) is 18.2 Å². The minimum Gasteiger partial charge on any atom is -0.382 e. The van der Waals surface area contributed by atoms with Crippen LogP contribution in [0.5, 0.6) is 0 Å². The molecule has 0 radical (unpaired) electrons. The third-order valence-electron chi connectivity index (χ3n) is 3.59. The molecule has 0 unspecified atom stereocenters. The zero-order valence-electron chi connectivity index (χ0n) is 12.2. The van der Waals surface area contributed by atoms with E-state index in [9.17, 15) is 5.26 Å². The van der Waals surface area contributed by atoms with Gasteiger partial charge in [0.05, 0.1) is 11.3 Å². The van der Waals surface area contributed by atoms with Crippen LogP contribution in [0.4, 0.5) is 5.82 Å². The Morgan fingerprint density at radius 3 is 2.55 bits per heavy atom. The molecule has 1 heterocycles. The number of hydrogen-bond acceptors (Lipinski definition) is 4. The lowest BCUT2D eigenvalue weighted by Gasteiger charge is -2.05. The Bertz CT molecular complexity index is 840. The zero-order chi connectivity index (χ0) is 15.5. The highest BCUT2D eigenvalue weighted by Gasteiger charge is 2.15. The van der Waals surface area contributed by atoms with E-state index in [2.05, 4.69) is 35.4 Å². The molecule has 0 saturated carbocycles. The van der Waals surface area contributed by atoms with E-state index in [1.54, 1.807) is 18.2 Å². The van der Waals surface area contributed by atoms with E-state index in [4.69, 9.17) is 5.73 Å². The van der Waals surface area contributed by atoms with Gasteiger partial charge >= 0.3 is 0 Å². The molecule has 108 valence electrons. The maximum atomic E-state index is 9.20. The molecule has 3 aromatic rings. The van der Waals surface area contributed by atoms with Gasteiger partial charge in [0.2, 0.25) is 0 Å². The second kappa shape index (κ2) is 5.70.